The van der Waals surface area contributed by atoms with Gasteiger partial charge in [0.15, 0.2) is 0 Å². The third-order valence-corrected chi connectivity index (χ3v) is 6.82. The standard InChI is InChI=1S/C26H24F2N4O3/c27-19-7-5-17(6-8-19)15-29-26(33)21-14-18-13-20(32(34)35)9-10-23(18)31-12-11-30(16-25(21)31)24-4-2-1-3-22(24)28/h1-10,13,21,25H,11-12,14-16H2,(H,29,33). The topological polar surface area (TPSA) is 78.7 Å². The summed E-state index contributed by atoms with van der Waals surface area (Å²) in [5.74, 6) is -1.36. The number of para-hydroxylation sites is 1. The van der Waals surface area contributed by atoms with E-state index < -0.39 is 10.8 Å². The van der Waals surface area contributed by atoms with Crippen LogP contribution in [0.4, 0.5) is 25.8 Å². The molecule has 1 saturated heterocycles. The normalized spacial score (nSPS) is 19.0. The van der Waals surface area contributed by atoms with Crippen LogP contribution < -0.4 is 15.1 Å². The zero-order chi connectivity index (χ0) is 24.5. The minimum atomic E-state index is -0.500. The minimum absolute atomic E-state index is 0.0161. The molecule has 35 heavy (non-hydrogen) atoms. The monoisotopic (exact) mass is 478 g/mol. The first-order valence-corrected chi connectivity index (χ1v) is 11.5. The van der Waals surface area contributed by atoms with Crippen molar-refractivity contribution in [1.29, 1.82) is 0 Å². The lowest BCUT2D eigenvalue weighted by molar-refractivity contribution is -0.384. The smallest absolute Gasteiger partial charge is 0.269 e. The number of nitrogens with one attached hydrogen (secondary N) is 1. The predicted molar refractivity (Wildman–Crippen MR) is 128 cm³/mol. The van der Waals surface area contributed by atoms with Gasteiger partial charge >= 0.3 is 0 Å². The Morgan fingerprint density at radius 3 is 2.54 bits per heavy atom. The summed E-state index contributed by atoms with van der Waals surface area (Å²) in [6.07, 6.45) is 0.332. The second kappa shape index (κ2) is 9.32. The number of halogens is 2. The maximum Gasteiger partial charge on any atom is 0.269 e. The van der Waals surface area contributed by atoms with Crippen LogP contribution in [0.1, 0.15) is 11.1 Å². The van der Waals surface area contributed by atoms with Gasteiger partial charge < -0.3 is 15.1 Å². The summed E-state index contributed by atoms with van der Waals surface area (Å²) in [5, 5.41) is 14.3. The van der Waals surface area contributed by atoms with Crippen molar-refractivity contribution < 1.29 is 18.5 Å². The lowest BCUT2D eigenvalue weighted by Crippen LogP contribution is -2.61. The first-order valence-electron chi connectivity index (χ1n) is 11.5. The van der Waals surface area contributed by atoms with Crippen LogP contribution in [0.5, 0.6) is 0 Å². The Labute approximate surface area is 201 Å². The fraction of sp³-hybridized carbons (Fsp3) is 0.269. The molecule has 0 bridgehead atoms. The summed E-state index contributed by atoms with van der Waals surface area (Å²) in [4.78, 5) is 28.4. The van der Waals surface area contributed by atoms with Crippen LogP contribution in [-0.4, -0.2) is 36.5 Å². The van der Waals surface area contributed by atoms with Crippen molar-refractivity contribution in [2.24, 2.45) is 5.92 Å². The second-order valence-corrected chi connectivity index (χ2v) is 8.88. The maximum absolute atomic E-state index is 14.5. The summed E-state index contributed by atoms with van der Waals surface area (Å²) in [7, 11) is 0. The number of carbonyl (C=O) groups is 1. The molecule has 180 valence electrons. The molecule has 3 aromatic rings. The van der Waals surface area contributed by atoms with Crippen LogP contribution >= 0.6 is 0 Å². The molecule has 3 aromatic carbocycles. The summed E-state index contributed by atoms with van der Waals surface area (Å²) >= 11 is 0. The molecule has 7 nitrogen and oxygen atoms in total. The highest BCUT2D eigenvalue weighted by molar-refractivity contribution is 5.82. The number of benzene rings is 3. The zero-order valence-electron chi connectivity index (χ0n) is 18.9. The third-order valence-electron chi connectivity index (χ3n) is 6.82. The lowest BCUT2D eigenvalue weighted by atomic mass is 9.83. The van der Waals surface area contributed by atoms with Crippen molar-refractivity contribution in [2.75, 3.05) is 29.4 Å². The van der Waals surface area contributed by atoms with Gasteiger partial charge in [-0.15, -0.1) is 0 Å². The van der Waals surface area contributed by atoms with Crippen molar-refractivity contribution in [3.63, 3.8) is 0 Å². The number of piperazine rings is 1. The van der Waals surface area contributed by atoms with Crippen LogP contribution in [0, 0.1) is 27.7 Å². The van der Waals surface area contributed by atoms with E-state index in [0.29, 0.717) is 31.7 Å². The molecule has 2 heterocycles. The van der Waals surface area contributed by atoms with Gasteiger partial charge in [0.05, 0.1) is 22.6 Å². The van der Waals surface area contributed by atoms with Gasteiger partial charge in [0.25, 0.3) is 5.69 Å². The fourth-order valence-electron chi connectivity index (χ4n) is 5.07. The van der Waals surface area contributed by atoms with Gasteiger partial charge in [0.1, 0.15) is 11.6 Å². The molecular formula is C26H24F2N4O3. The lowest BCUT2D eigenvalue weighted by Gasteiger charge is -2.49. The van der Waals surface area contributed by atoms with Crippen molar-refractivity contribution in [1.82, 2.24) is 5.32 Å². The molecular weight excluding hydrogens is 454 g/mol. The minimum Gasteiger partial charge on any atom is -0.365 e. The van der Waals surface area contributed by atoms with E-state index in [0.717, 1.165) is 16.8 Å². The van der Waals surface area contributed by atoms with E-state index in [9.17, 15) is 23.7 Å². The van der Waals surface area contributed by atoms with Crippen LogP contribution in [0.25, 0.3) is 0 Å². The number of non-ortho nitro benzene ring substituents is 1. The van der Waals surface area contributed by atoms with Crippen LogP contribution in [0.15, 0.2) is 66.7 Å². The highest BCUT2D eigenvalue weighted by Crippen LogP contribution is 2.39. The van der Waals surface area contributed by atoms with Gasteiger partial charge in [0, 0.05) is 44.0 Å². The number of amides is 1. The molecule has 5 rings (SSSR count). The van der Waals surface area contributed by atoms with Crippen molar-refractivity contribution in [2.45, 2.75) is 19.0 Å². The van der Waals surface area contributed by atoms with Gasteiger partial charge in [-0.1, -0.05) is 24.3 Å². The van der Waals surface area contributed by atoms with Crippen molar-refractivity contribution >= 4 is 23.0 Å². The Morgan fingerprint density at radius 2 is 1.80 bits per heavy atom. The van der Waals surface area contributed by atoms with Crippen molar-refractivity contribution in [3.05, 3.63) is 99.6 Å². The van der Waals surface area contributed by atoms with Crippen LogP contribution in [0.2, 0.25) is 0 Å². The van der Waals surface area contributed by atoms with E-state index in [1.165, 1.54) is 30.3 Å². The first-order chi connectivity index (χ1) is 16.9. The molecule has 1 N–H and O–H groups in total. The van der Waals surface area contributed by atoms with Crippen LogP contribution in [-0.2, 0) is 17.8 Å². The summed E-state index contributed by atoms with van der Waals surface area (Å²) in [6, 6.07) is 17.0. The zero-order valence-corrected chi connectivity index (χ0v) is 18.9. The Kier molecular flexibility index (Phi) is 6.07. The number of nitro benzene ring substituents is 1. The van der Waals surface area contributed by atoms with Gasteiger partial charge in [-0.2, -0.15) is 0 Å². The van der Waals surface area contributed by atoms with E-state index >= 15 is 0 Å². The maximum atomic E-state index is 14.5. The number of nitro groups is 1. The molecule has 2 aliphatic rings. The predicted octanol–water partition coefficient (Wildman–Crippen LogP) is 4.06. The van der Waals surface area contributed by atoms with E-state index in [-0.39, 0.29) is 35.8 Å². The number of anilines is 2. The molecule has 0 saturated carbocycles. The quantitative estimate of drug-likeness (QED) is 0.442. The van der Waals surface area contributed by atoms with E-state index in [2.05, 4.69) is 10.2 Å². The Hall–Kier alpha value is -4.01. The Balaban J connectivity index is 1.44. The molecule has 2 atom stereocenters. The Bertz CT molecular complexity index is 1270. The van der Waals surface area contributed by atoms with Gasteiger partial charge in [-0.25, -0.2) is 8.78 Å². The average Bonchev–Trinajstić information content (AvgIpc) is 2.87. The van der Waals surface area contributed by atoms with Gasteiger partial charge in [-0.3, -0.25) is 14.9 Å². The molecule has 0 spiro atoms. The molecule has 2 unspecified atom stereocenters. The summed E-state index contributed by atoms with van der Waals surface area (Å²) < 4.78 is 27.7. The second-order valence-electron chi connectivity index (χ2n) is 8.88. The first kappa shape index (κ1) is 22.8. The SMILES string of the molecule is O=C(NCc1ccc(F)cc1)C1Cc2cc([N+](=O)[O-])ccc2N2CCN(c3ccccc3F)CC12. The van der Waals surface area contributed by atoms with E-state index in [1.807, 2.05) is 4.90 Å². The average molecular weight is 478 g/mol. The molecule has 0 aliphatic carbocycles. The summed E-state index contributed by atoms with van der Waals surface area (Å²) in [5.41, 5.74) is 2.86. The molecule has 9 heteroatoms. The van der Waals surface area contributed by atoms with Crippen LogP contribution in [0.3, 0.4) is 0 Å². The van der Waals surface area contributed by atoms with Crippen molar-refractivity contribution in [3.8, 4) is 0 Å². The van der Waals surface area contributed by atoms with Gasteiger partial charge in [-0.05, 0) is 47.9 Å². The highest BCUT2D eigenvalue weighted by atomic mass is 19.1. The number of rotatable bonds is 5. The van der Waals surface area contributed by atoms with E-state index in [4.69, 9.17) is 0 Å². The number of hydrogen-bond donors (Lipinski definition) is 1. The fourth-order valence-corrected chi connectivity index (χ4v) is 5.07. The third kappa shape index (κ3) is 4.53. The number of carbonyl (C=O) groups excluding carboxylic acids is 1. The molecule has 1 fully saturated rings. The molecule has 1 amide bonds. The highest BCUT2D eigenvalue weighted by Gasteiger charge is 2.42. The number of nitrogens with zero attached hydrogens (tertiary/aromatic N) is 3. The number of hydrogen-bond acceptors (Lipinski definition) is 5. The van der Waals surface area contributed by atoms with E-state index in [1.54, 1.807) is 36.4 Å². The van der Waals surface area contributed by atoms with Gasteiger partial charge in [0.2, 0.25) is 5.91 Å². The molecule has 0 aromatic heterocycles. The molecule has 0 radical (unpaired) electrons. The molecule has 2 aliphatic heterocycles. The summed E-state index contributed by atoms with van der Waals surface area (Å²) in [6.45, 7) is 1.77. The number of fused-ring (bicyclic) bond motifs is 3. The Morgan fingerprint density at radius 1 is 1.03 bits per heavy atom. The largest absolute Gasteiger partial charge is 0.365 e.